The van der Waals surface area contributed by atoms with Gasteiger partial charge in [-0.1, -0.05) is 37.6 Å². The van der Waals surface area contributed by atoms with Crippen LogP contribution >= 0.6 is 11.3 Å². The molecule has 5 unspecified atom stereocenters. The lowest BCUT2D eigenvalue weighted by Gasteiger charge is -2.51. The van der Waals surface area contributed by atoms with E-state index in [4.69, 9.17) is 9.47 Å². The van der Waals surface area contributed by atoms with Gasteiger partial charge in [0.05, 0.1) is 23.3 Å². The second-order valence-corrected chi connectivity index (χ2v) is 16.0. The van der Waals surface area contributed by atoms with E-state index in [1.165, 1.54) is 16.0 Å². The number of dihydropyridines is 1. The maximum absolute atomic E-state index is 15.0. The number of carbonyl (C=O) groups excluding carboxylic acids is 2. The van der Waals surface area contributed by atoms with Crippen LogP contribution in [-0.4, -0.2) is 93.6 Å². The molecule has 4 heterocycles. The summed E-state index contributed by atoms with van der Waals surface area (Å²) >= 11 is 0.373. The molecule has 5 atom stereocenters. The molecule has 2 N–H and O–H groups in total. The number of amides is 2. The minimum absolute atomic E-state index is 0.0169. The number of carboxylic acids is 1. The van der Waals surface area contributed by atoms with E-state index in [0.29, 0.717) is 48.3 Å². The van der Waals surface area contributed by atoms with Gasteiger partial charge in [-0.2, -0.15) is 26.3 Å². The average Bonchev–Trinajstić information content (AvgIpc) is 3.81. The first-order chi connectivity index (χ1) is 26.4. The van der Waals surface area contributed by atoms with Crippen LogP contribution in [-0.2, 0) is 26.2 Å². The molecule has 4 aliphatic rings. The fraction of sp³-hybridized carbons (Fsp3) is 0.590. The lowest BCUT2D eigenvalue weighted by Crippen LogP contribution is -2.69. The van der Waals surface area contributed by atoms with E-state index >= 15 is 0 Å². The van der Waals surface area contributed by atoms with Gasteiger partial charge in [0.2, 0.25) is 5.60 Å². The molecular formula is C39H45F6N3O7S. The van der Waals surface area contributed by atoms with Gasteiger partial charge in [0.25, 0.3) is 11.8 Å². The van der Waals surface area contributed by atoms with Crippen LogP contribution in [0.1, 0.15) is 88.0 Å². The predicted molar refractivity (Wildman–Crippen MR) is 194 cm³/mol. The fourth-order valence-corrected chi connectivity index (χ4v) is 9.31. The Bertz CT molecular complexity index is 1820. The highest BCUT2D eigenvalue weighted by molar-refractivity contribution is 7.10. The van der Waals surface area contributed by atoms with Crippen LogP contribution in [0.15, 0.2) is 52.4 Å². The molecule has 306 valence electrons. The Morgan fingerprint density at radius 2 is 1.75 bits per heavy atom. The van der Waals surface area contributed by atoms with Gasteiger partial charge in [-0.05, 0) is 56.9 Å². The van der Waals surface area contributed by atoms with Crippen LogP contribution in [0, 0.1) is 5.92 Å². The average molecular weight is 814 g/mol. The minimum atomic E-state index is -4.85. The van der Waals surface area contributed by atoms with E-state index in [-0.39, 0.29) is 82.4 Å². The van der Waals surface area contributed by atoms with Gasteiger partial charge in [0.1, 0.15) is 16.4 Å². The third-order valence-electron chi connectivity index (χ3n) is 11.3. The summed E-state index contributed by atoms with van der Waals surface area (Å²) < 4.78 is 96.1. The maximum Gasteiger partial charge on any atom is 0.425 e. The van der Waals surface area contributed by atoms with Gasteiger partial charge in [-0.25, -0.2) is 0 Å². The number of thiophene rings is 1. The Morgan fingerprint density at radius 3 is 2.41 bits per heavy atom. The number of carboxylic acid groups (broad SMARTS) is 1. The number of aliphatic imine (C=N–C) groups is 1. The molecule has 6 rings (SSSR count). The molecule has 1 aliphatic carbocycles. The highest BCUT2D eigenvalue weighted by Crippen LogP contribution is 2.45. The van der Waals surface area contributed by atoms with Gasteiger partial charge in [0.15, 0.2) is 6.04 Å². The maximum atomic E-state index is 15.0. The first-order valence-corrected chi connectivity index (χ1v) is 19.8. The smallest absolute Gasteiger partial charge is 0.425 e. The second kappa shape index (κ2) is 16.4. The van der Waals surface area contributed by atoms with E-state index < -0.39 is 63.9 Å². The summed E-state index contributed by atoms with van der Waals surface area (Å²) in [5.74, 6) is -2.34. The molecular weight excluding hydrogens is 768 g/mol. The zero-order valence-corrected chi connectivity index (χ0v) is 31.6. The largest absolute Gasteiger partial charge is 0.490 e. The van der Waals surface area contributed by atoms with E-state index in [0.717, 1.165) is 17.5 Å². The Balaban J connectivity index is 1.28. The topological polar surface area (TPSA) is 129 Å². The molecule has 2 saturated heterocycles. The number of rotatable bonds is 11. The van der Waals surface area contributed by atoms with Crippen molar-refractivity contribution in [3.05, 3.63) is 57.8 Å². The van der Waals surface area contributed by atoms with Crippen molar-refractivity contribution in [3.63, 3.8) is 0 Å². The standard InChI is InChI=1S/C39H45F6N3O7S/c1-2-7-30-37(55-26-22-31(56-23-26)39(43,44)45,13-6-17-48(30)34(51)33-28(38(40,41)42)9-5-16-46-33)35(52)47-18-14-36(53,15-19-47)27-8-3-4-10-29(27)54-25-12-11-24(20-25)21-32(49)50/h3-4,8-10,16,22-25,30,33,53H,2,5-7,11-15,17-21H2,1H3,(H,49,50). The number of hydrogen-bond donors (Lipinski definition) is 2. The molecule has 3 fully saturated rings. The molecule has 0 radical (unpaired) electrons. The number of piperidine rings is 2. The lowest BCUT2D eigenvalue weighted by molar-refractivity contribution is -0.170. The van der Waals surface area contributed by atoms with Gasteiger partial charge in [-0.3, -0.25) is 19.4 Å². The monoisotopic (exact) mass is 813 g/mol. The van der Waals surface area contributed by atoms with Gasteiger partial charge >= 0.3 is 18.3 Å². The van der Waals surface area contributed by atoms with Crippen molar-refractivity contribution in [1.29, 1.82) is 0 Å². The zero-order valence-electron chi connectivity index (χ0n) is 30.8. The van der Waals surface area contributed by atoms with Crippen LogP contribution in [0.25, 0.3) is 0 Å². The number of ether oxygens (including phenoxy) is 2. The molecule has 2 amide bonds. The van der Waals surface area contributed by atoms with Crippen molar-refractivity contribution >= 4 is 35.3 Å². The number of para-hydroxylation sites is 1. The van der Waals surface area contributed by atoms with Crippen molar-refractivity contribution in [1.82, 2.24) is 9.80 Å². The van der Waals surface area contributed by atoms with E-state index in [2.05, 4.69) is 4.99 Å². The van der Waals surface area contributed by atoms with Crippen LogP contribution in [0.5, 0.6) is 11.5 Å². The summed E-state index contributed by atoms with van der Waals surface area (Å²) in [6.07, 6.45) is -5.25. The Kier molecular flexibility index (Phi) is 12.2. The fourth-order valence-electron chi connectivity index (χ4n) is 8.64. The second-order valence-electron chi connectivity index (χ2n) is 15.0. The first kappa shape index (κ1) is 41.5. The normalized spacial score (nSPS) is 26.8. The van der Waals surface area contributed by atoms with Crippen molar-refractivity contribution in [2.45, 2.75) is 119 Å². The Morgan fingerprint density at radius 1 is 1.02 bits per heavy atom. The molecule has 3 aliphatic heterocycles. The summed E-state index contributed by atoms with van der Waals surface area (Å²) in [6.45, 7) is 1.70. The Hall–Kier alpha value is -4.12. The Labute approximate surface area is 324 Å². The van der Waals surface area contributed by atoms with Crippen molar-refractivity contribution < 1.29 is 60.4 Å². The molecule has 1 aromatic heterocycles. The molecule has 0 spiro atoms. The predicted octanol–water partition coefficient (Wildman–Crippen LogP) is 7.54. The van der Waals surface area contributed by atoms with Crippen molar-refractivity contribution in [2.24, 2.45) is 10.9 Å². The third-order valence-corrected chi connectivity index (χ3v) is 12.2. The summed E-state index contributed by atoms with van der Waals surface area (Å²) in [4.78, 5) is 45.9. The van der Waals surface area contributed by atoms with Gasteiger partial charge in [-0.15, -0.1) is 11.3 Å². The van der Waals surface area contributed by atoms with Gasteiger partial charge in [0, 0.05) is 62.1 Å². The molecule has 56 heavy (non-hydrogen) atoms. The molecule has 1 aromatic carbocycles. The van der Waals surface area contributed by atoms with Gasteiger partial charge < -0.3 is 29.5 Å². The summed E-state index contributed by atoms with van der Waals surface area (Å²) in [5.41, 5.74) is -4.05. The van der Waals surface area contributed by atoms with E-state index in [1.807, 2.05) is 0 Å². The van der Waals surface area contributed by atoms with E-state index in [9.17, 15) is 50.9 Å². The van der Waals surface area contributed by atoms with Crippen LogP contribution < -0.4 is 9.47 Å². The summed E-state index contributed by atoms with van der Waals surface area (Å²) in [5, 5.41) is 22.4. The number of benzene rings is 1. The minimum Gasteiger partial charge on any atom is -0.490 e. The number of carbonyl (C=O) groups is 3. The number of hydrogen-bond acceptors (Lipinski definition) is 8. The lowest BCUT2D eigenvalue weighted by atomic mass is 9.78. The van der Waals surface area contributed by atoms with Crippen molar-refractivity contribution in [2.75, 3.05) is 19.6 Å². The number of allylic oxidation sites excluding steroid dienone is 1. The van der Waals surface area contributed by atoms with Crippen LogP contribution in [0.2, 0.25) is 0 Å². The van der Waals surface area contributed by atoms with Crippen LogP contribution in [0.4, 0.5) is 26.3 Å². The number of aliphatic carboxylic acids is 1. The number of halogens is 6. The third kappa shape index (κ3) is 8.72. The van der Waals surface area contributed by atoms with Crippen LogP contribution in [0.3, 0.4) is 0 Å². The number of likely N-dealkylation sites (tertiary alicyclic amines) is 2. The first-order valence-electron chi connectivity index (χ1n) is 18.9. The van der Waals surface area contributed by atoms with Crippen molar-refractivity contribution in [3.8, 4) is 11.5 Å². The number of alkyl halides is 6. The SMILES string of the molecule is CCCC1N(C(=O)C2N=CCC=C2C(F)(F)F)CCCC1(Oc1csc(C(F)(F)F)c1)C(=O)N1CCC(O)(c2ccccc2OC2CCC(CC(=O)O)C2)CC1. The van der Waals surface area contributed by atoms with E-state index in [1.54, 1.807) is 31.2 Å². The molecule has 1 saturated carbocycles. The zero-order chi connectivity index (χ0) is 40.5. The molecule has 17 heteroatoms. The number of nitrogens with zero attached hydrogens (tertiary/aromatic N) is 3. The highest BCUT2D eigenvalue weighted by Gasteiger charge is 2.57. The number of aliphatic hydroxyl groups is 1. The quantitative estimate of drug-likeness (QED) is 0.177. The molecule has 0 bridgehead atoms. The summed E-state index contributed by atoms with van der Waals surface area (Å²) in [6, 6.07) is 4.68. The summed E-state index contributed by atoms with van der Waals surface area (Å²) in [7, 11) is 0. The molecule has 10 nitrogen and oxygen atoms in total. The highest BCUT2D eigenvalue weighted by atomic mass is 32.1. The molecule has 2 aromatic rings.